The molecule has 29 heavy (non-hydrogen) atoms. The van der Waals surface area contributed by atoms with E-state index in [2.05, 4.69) is 10.3 Å². The lowest BCUT2D eigenvalue weighted by Crippen LogP contribution is -2.37. The maximum atomic E-state index is 12.1. The smallest absolute Gasteiger partial charge is 0.346 e. The number of carbonyl (C=O) groups excluding carboxylic acids is 1. The molecule has 0 aliphatic carbocycles. The first kappa shape index (κ1) is 20.2. The number of nitrogens with zero attached hydrogens (tertiary/aromatic N) is 2. The van der Waals surface area contributed by atoms with Gasteiger partial charge in [-0.2, -0.15) is 10.0 Å². The summed E-state index contributed by atoms with van der Waals surface area (Å²) in [5, 5.41) is 3.60. The normalized spacial score (nSPS) is 10.3. The van der Waals surface area contributed by atoms with Gasteiger partial charge in [0.15, 0.2) is 0 Å². The fourth-order valence-corrected chi connectivity index (χ4v) is 2.61. The van der Waals surface area contributed by atoms with E-state index in [0.29, 0.717) is 18.2 Å². The van der Waals surface area contributed by atoms with Crippen molar-refractivity contribution in [3.63, 3.8) is 0 Å². The zero-order chi connectivity index (χ0) is 20.5. The summed E-state index contributed by atoms with van der Waals surface area (Å²) in [6.45, 7) is 0.656. The van der Waals surface area contributed by atoms with Gasteiger partial charge in [0.2, 0.25) is 11.8 Å². The van der Waals surface area contributed by atoms with Crippen LogP contribution >= 0.6 is 0 Å². The second-order valence-corrected chi connectivity index (χ2v) is 6.05. The van der Waals surface area contributed by atoms with E-state index in [-0.39, 0.29) is 12.5 Å². The highest BCUT2D eigenvalue weighted by Crippen LogP contribution is 2.30. The van der Waals surface area contributed by atoms with E-state index in [1.807, 2.05) is 60.7 Å². The van der Waals surface area contributed by atoms with Gasteiger partial charge >= 0.3 is 6.03 Å². The summed E-state index contributed by atoms with van der Waals surface area (Å²) in [7, 11) is 2.92. The lowest BCUT2D eigenvalue weighted by molar-refractivity contribution is 0.161. The van der Waals surface area contributed by atoms with E-state index in [0.717, 1.165) is 16.2 Å². The van der Waals surface area contributed by atoms with Crippen LogP contribution in [0.25, 0.3) is 0 Å². The predicted octanol–water partition coefficient (Wildman–Crippen LogP) is 3.95. The van der Waals surface area contributed by atoms with E-state index in [1.165, 1.54) is 14.2 Å². The molecule has 0 unspecified atom stereocenters. The lowest BCUT2D eigenvalue weighted by atomic mass is 10.2. The number of hydrogen-bond donors (Lipinski definition) is 1. The van der Waals surface area contributed by atoms with Crippen molar-refractivity contribution in [2.45, 2.75) is 13.2 Å². The number of rotatable bonds is 8. The first-order valence-corrected chi connectivity index (χ1v) is 9.11. The second kappa shape index (κ2) is 10.1. The highest BCUT2D eigenvalue weighted by atomic mass is 16.7. The molecule has 0 radical (unpaired) electrons. The number of benzene rings is 2. The molecule has 0 saturated heterocycles. The molecule has 3 rings (SSSR count). The standard InChI is InChI=1S/C22H23N3O4/c1-23-22(26)25(27-2)19-13-14-20(28-15-17-9-5-3-6-10-17)24-21(19)29-16-18-11-7-4-8-12-18/h3-14H,15-16H2,1-2H3,(H,23,26). The molecule has 0 fully saturated rings. The molecule has 0 spiro atoms. The third-order valence-electron chi connectivity index (χ3n) is 4.06. The van der Waals surface area contributed by atoms with Gasteiger partial charge < -0.3 is 14.8 Å². The second-order valence-electron chi connectivity index (χ2n) is 6.05. The molecule has 2 amide bonds. The van der Waals surface area contributed by atoms with Crippen molar-refractivity contribution >= 4 is 11.7 Å². The Morgan fingerprint density at radius 3 is 2.03 bits per heavy atom. The van der Waals surface area contributed by atoms with Crippen molar-refractivity contribution in [3.8, 4) is 11.8 Å². The van der Waals surface area contributed by atoms with Crippen LogP contribution in [0.2, 0.25) is 0 Å². The van der Waals surface area contributed by atoms with E-state index in [9.17, 15) is 4.79 Å². The minimum Gasteiger partial charge on any atom is -0.473 e. The molecule has 1 N–H and O–H groups in total. The van der Waals surface area contributed by atoms with Crippen molar-refractivity contribution in [3.05, 3.63) is 83.9 Å². The van der Waals surface area contributed by atoms with Gasteiger partial charge in [-0.25, -0.2) is 4.79 Å². The molecule has 7 heteroatoms. The van der Waals surface area contributed by atoms with Gasteiger partial charge in [0.1, 0.15) is 18.9 Å². The SMILES string of the molecule is CNC(=O)N(OC)c1ccc(OCc2ccccc2)nc1OCc1ccccc1. The number of urea groups is 1. The van der Waals surface area contributed by atoms with Crippen molar-refractivity contribution in [1.82, 2.24) is 10.3 Å². The molecular formula is C22H23N3O4. The summed E-state index contributed by atoms with van der Waals surface area (Å²) < 4.78 is 11.7. The topological polar surface area (TPSA) is 72.9 Å². The monoisotopic (exact) mass is 393 g/mol. The van der Waals surface area contributed by atoms with Gasteiger partial charge in [-0.3, -0.25) is 4.84 Å². The molecular weight excluding hydrogens is 370 g/mol. The zero-order valence-electron chi connectivity index (χ0n) is 16.4. The number of aromatic nitrogens is 1. The summed E-state index contributed by atoms with van der Waals surface area (Å²) in [5.41, 5.74) is 2.36. The minimum absolute atomic E-state index is 0.227. The van der Waals surface area contributed by atoms with Gasteiger partial charge in [0, 0.05) is 13.1 Å². The Kier molecular flexibility index (Phi) is 7.02. The molecule has 0 atom stereocenters. The maximum Gasteiger partial charge on any atom is 0.346 e. The molecule has 0 bridgehead atoms. The summed E-state index contributed by atoms with van der Waals surface area (Å²) in [4.78, 5) is 21.8. The summed E-state index contributed by atoms with van der Waals surface area (Å²) in [6.07, 6.45) is 0. The number of anilines is 1. The lowest BCUT2D eigenvalue weighted by Gasteiger charge is -2.21. The zero-order valence-corrected chi connectivity index (χ0v) is 16.4. The van der Waals surface area contributed by atoms with Crippen molar-refractivity contribution < 1.29 is 19.1 Å². The number of ether oxygens (including phenoxy) is 2. The Morgan fingerprint density at radius 1 is 0.897 bits per heavy atom. The summed E-state index contributed by atoms with van der Waals surface area (Å²) in [6, 6.07) is 22.4. The fourth-order valence-electron chi connectivity index (χ4n) is 2.61. The van der Waals surface area contributed by atoms with Crippen LogP contribution in [-0.2, 0) is 18.1 Å². The van der Waals surface area contributed by atoms with Crippen LogP contribution in [-0.4, -0.2) is 25.2 Å². The van der Waals surface area contributed by atoms with E-state index < -0.39 is 6.03 Å². The molecule has 1 aromatic heterocycles. The number of carbonyl (C=O) groups is 1. The summed E-state index contributed by atoms with van der Waals surface area (Å²) >= 11 is 0. The third kappa shape index (κ3) is 5.46. The number of hydrogen-bond acceptors (Lipinski definition) is 5. The maximum absolute atomic E-state index is 12.1. The fraction of sp³-hybridized carbons (Fsp3) is 0.182. The van der Waals surface area contributed by atoms with Gasteiger partial charge in [-0.05, 0) is 17.2 Å². The highest BCUT2D eigenvalue weighted by molar-refractivity contribution is 5.91. The first-order chi connectivity index (χ1) is 14.2. The Labute approximate surface area is 169 Å². The molecule has 0 saturated carbocycles. The average molecular weight is 393 g/mol. The number of amides is 2. The van der Waals surface area contributed by atoms with Crippen molar-refractivity contribution in [2.75, 3.05) is 19.2 Å². The molecule has 7 nitrogen and oxygen atoms in total. The molecule has 0 aliphatic heterocycles. The molecule has 0 aliphatic rings. The van der Waals surface area contributed by atoms with Crippen molar-refractivity contribution in [2.24, 2.45) is 0 Å². The summed E-state index contributed by atoms with van der Waals surface area (Å²) in [5.74, 6) is 0.610. The molecule has 1 heterocycles. The van der Waals surface area contributed by atoms with Crippen LogP contribution in [0.15, 0.2) is 72.8 Å². The van der Waals surface area contributed by atoms with Crippen LogP contribution in [0, 0.1) is 0 Å². The predicted molar refractivity (Wildman–Crippen MR) is 110 cm³/mol. The molecule has 150 valence electrons. The highest BCUT2D eigenvalue weighted by Gasteiger charge is 2.21. The van der Waals surface area contributed by atoms with Gasteiger partial charge in [-0.15, -0.1) is 0 Å². The van der Waals surface area contributed by atoms with Gasteiger partial charge in [-0.1, -0.05) is 60.7 Å². The quantitative estimate of drug-likeness (QED) is 0.587. The average Bonchev–Trinajstić information content (AvgIpc) is 2.78. The van der Waals surface area contributed by atoms with E-state index in [4.69, 9.17) is 14.3 Å². The van der Waals surface area contributed by atoms with E-state index >= 15 is 0 Å². The Bertz CT molecular complexity index is 920. The number of nitrogens with one attached hydrogen (secondary N) is 1. The number of pyridine rings is 1. The van der Waals surface area contributed by atoms with Crippen LogP contribution < -0.4 is 19.9 Å². The Morgan fingerprint density at radius 2 is 1.48 bits per heavy atom. The molecule has 2 aromatic carbocycles. The van der Waals surface area contributed by atoms with Gasteiger partial charge in [0.25, 0.3) is 0 Å². The van der Waals surface area contributed by atoms with Crippen LogP contribution in [0.3, 0.4) is 0 Å². The third-order valence-corrected chi connectivity index (χ3v) is 4.06. The Balaban J connectivity index is 1.83. The van der Waals surface area contributed by atoms with Crippen molar-refractivity contribution in [1.29, 1.82) is 0 Å². The molecule has 3 aromatic rings. The van der Waals surface area contributed by atoms with E-state index in [1.54, 1.807) is 12.1 Å². The van der Waals surface area contributed by atoms with Crippen LogP contribution in [0.1, 0.15) is 11.1 Å². The van der Waals surface area contributed by atoms with Gasteiger partial charge in [0.05, 0.1) is 7.11 Å². The first-order valence-electron chi connectivity index (χ1n) is 9.11. The Hall–Kier alpha value is -3.58. The number of hydroxylamine groups is 1. The largest absolute Gasteiger partial charge is 0.473 e. The minimum atomic E-state index is -0.447. The van der Waals surface area contributed by atoms with Crippen LogP contribution in [0.4, 0.5) is 10.5 Å². The van der Waals surface area contributed by atoms with Crippen LogP contribution in [0.5, 0.6) is 11.8 Å².